The molecule has 6 nitrogen and oxygen atoms in total. The molecule has 1 aliphatic rings. The summed E-state index contributed by atoms with van der Waals surface area (Å²) in [5.74, 6) is 0.996. The maximum absolute atomic E-state index is 5.68. The summed E-state index contributed by atoms with van der Waals surface area (Å²) in [5.41, 5.74) is 4.81. The smallest absolute Gasteiger partial charge is 0.126 e. The number of hydrogen-bond acceptors (Lipinski definition) is 4. The van der Waals surface area contributed by atoms with Crippen molar-refractivity contribution in [1.29, 1.82) is 0 Å². The number of aromatic amines is 1. The third kappa shape index (κ3) is 2.80. The van der Waals surface area contributed by atoms with E-state index in [1.165, 1.54) is 11.3 Å². The number of nitrogens with one attached hydrogen (secondary N) is 1. The van der Waals surface area contributed by atoms with Crippen LogP contribution in [0.1, 0.15) is 41.4 Å². The zero-order valence-electron chi connectivity index (χ0n) is 13.9. The Kier molecular flexibility index (Phi) is 4.31. The lowest BCUT2D eigenvalue weighted by atomic mass is 10.1. The highest BCUT2D eigenvalue weighted by atomic mass is 16.5. The lowest BCUT2D eigenvalue weighted by molar-refractivity contribution is -0.0158. The number of aromatic nitrogens is 4. The van der Waals surface area contributed by atoms with Crippen LogP contribution in [-0.4, -0.2) is 44.4 Å². The number of imidazole rings is 1. The largest absolute Gasteiger partial charge is 0.378 e. The Morgan fingerprint density at radius 3 is 2.82 bits per heavy atom. The summed E-state index contributed by atoms with van der Waals surface area (Å²) in [7, 11) is 0. The normalized spacial score (nSPS) is 19.7. The van der Waals surface area contributed by atoms with Gasteiger partial charge in [-0.05, 0) is 27.7 Å². The molecule has 0 saturated carbocycles. The summed E-state index contributed by atoms with van der Waals surface area (Å²) in [6.07, 6.45) is 1.88. The molecule has 1 aliphatic heterocycles. The van der Waals surface area contributed by atoms with Gasteiger partial charge in [-0.15, -0.1) is 0 Å². The molecule has 2 aromatic heterocycles. The fourth-order valence-electron chi connectivity index (χ4n) is 3.16. The predicted molar refractivity (Wildman–Crippen MR) is 84.7 cm³/mol. The number of H-pyrrole nitrogens is 1. The Labute approximate surface area is 131 Å². The first kappa shape index (κ1) is 15.2. The third-order valence-corrected chi connectivity index (χ3v) is 4.47. The van der Waals surface area contributed by atoms with E-state index in [4.69, 9.17) is 4.74 Å². The molecule has 0 radical (unpaired) electrons. The summed E-state index contributed by atoms with van der Waals surface area (Å²) in [6.45, 7) is 12.6. The second kappa shape index (κ2) is 6.22. The number of hydrogen-bond donors (Lipinski definition) is 1. The molecule has 0 aliphatic carbocycles. The van der Waals surface area contributed by atoms with E-state index < -0.39 is 0 Å². The molecule has 3 rings (SSSR count). The van der Waals surface area contributed by atoms with Crippen molar-refractivity contribution < 1.29 is 4.74 Å². The molecule has 1 fully saturated rings. The van der Waals surface area contributed by atoms with Gasteiger partial charge in [-0.3, -0.25) is 9.58 Å². The molecule has 1 saturated heterocycles. The molecule has 0 unspecified atom stereocenters. The minimum atomic E-state index is 0.186. The first-order valence-electron chi connectivity index (χ1n) is 7.96. The molecule has 0 bridgehead atoms. The Morgan fingerprint density at radius 2 is 2.18 bits per heavy atom. The SMILES string of the molecule is CCn1nc(C)c(CN2CCOC[C@@H]2c2ncc(C)[nH]2)c1C. The molecule has 0 aromatic carbocycles. The van der Waals surface area contributed by atoms with Crippen LogP contribution in [0.25, 0.3) is 0 Å². The van der Waals surface area contributed by atoms with E-state index in [0.717, 1.165) is 43.5 Å². The molecular formula is C16H25N5O. The summed E-state index contributed by atoms with van der Waals surface area (Å²) >= 11 is 0. The number of ether oxygens (including phenoxy) is 1. The first-order valence-corrected chi connectivity index (χ1v) is 7.96. The van der Waals surface area contributed by atoms with Crippen molar-refractivity contribution in [3.63, 3.8) is 0 Å². The van der Waals surface area contributed by atoms with Crippen LogP contribution in [0.3, 0.4) is 0 Å². The van der Waals surface area contributed by atoms with Gasteiger partial charge in [0.05, 0.1) is 24.9 Å². The molecule has 1 atom stereocenters. The number of aryl methyl sites for hydroxylation is 3. The van der Waals surface area contributed by atoms with Gasteiger partial charge in [-0.1, -0.05) is 0 Å². The predicted octanol–water partition coefficient (Wildman–Crippen LogP) is 2.12. The molecule has 22 heavy (non-hydrogen) atoms. The van der Waals surface area contributed by atoms with Gasteiger partial charge >= 0.3 is 0 Å². The first-order chi connectivity index (χ1) is 10.6. The van der Waals surface area contributed by atoms with Gasteiger partial charge in [-0.25, -0.2) is 4.98 Å². The van der Waals surface area contributed by atoms with Gasteiger partial charge in [-0.2, -0.15) is 5.10 Å². The van der Waals surface area contributed by atoms with Gasteiger partial charge in [0.15, 0.2) is 0 Å². The van der Waals surface area contributed by atoms with Crippen LogP contribution in [0, 0.1) is 20.8 Å². The zero-order valence-corrected chi connectivity index (χ0v) is 13.9. The highest BCUT2D eigenvalue weighted by Gasteiger charge is 2.28. The Bertz CT molecular complexity index is 645. The summed E-state index contributed by atoms with van der Waals surface area (Å²) in [5, 5.41) is 4.63. The maximum atomic E-state index is 5.68. The van der Waals surface area contributed by atoms with Gasteiger partial charge in [0, 0.05) is 42.8 Å². The summed E-state index contributed by atoms with van der Waals surface area (Å²) in [4.78, 5) is 10.3. The van der Waals surface area contributed by atoms with Crippen LogP contribution in [0.15, 0.2) is 6.20 Å². The van der Waals surface area contributed by atoms with E-state index in [2.05, 4.69) is 45.4 Å². The average Bonchev–Trinajstić information content (AvgIpc) is 3.06. The molecule has 2 aromatic rings. The van der Waals surface area contributed by atoms with E-state index in [-0.39, 0.29) is 6.04 Å². The van der Waals surface area contributed by atoms with Crippen molar-refractivity contribution in [2.75, 3.05) is 19.8 Å². The molecule has 0 amide bonds. The van der Waals surface area contributed by atoms with E-state index >= 15 is 0 Å². The molecular weight excluding hydrogens is 278 g/mol. The maximum Gasteiger partial charge on any atom is 0.126 e. The second-order valence-corrected chi connectivity index (χ2v) is 5.98. The topological polar surface area (TPSA) is 59.0 Å². The van der Waals surface area contributed by atoms with E-state index in [0.29, 0.717) is 6.61 Å². The number of nitrogens with zero attached hydrogens (tertiary/aromatic N) is 4. The quantitative estimate of drug-likeness (QED) is 0.940. The van der Waals surface area contributed by atoms with Gasteiger partial charge < -0.3 is 9.72 Å². The minimum absolute atomic E-state index is 0.186. The Balaban J connectivity index is 1.84. The van der Waals surface area contributed by atoms with Crippen molar-refractivity contribution in [1.82, 2.24) is 24.6 Å². The van der Waals surface area contributed by atoms with E-state index in [9.17, 15) is 0 Å². The van der Waals surface area contributed by atoms with Crippen LogP contribution >= 0.6 is 0 Å². The van der Waals surface area contributed by atoms with E-state index in [1.54, 1.807) is 0 Å². The average molecular weight is 303 g/mol. The van der Waals surface area contributed by atoms with Crippen LogP contribution in [-0.2, 0) is 17.8 Å². The zero-order chi connectivity index (χ0) is 15.7. The van der Waals surface area contributed by atoms with Gasteiger partial charge in [0.2, 0.25) is 0 Å². The van der Waals surface area contributed by atoms with Crippen LogP contribution in [0.5, 0.6) is 0 Å². The summed E-state index contributed by atoms with van der Waals surface area (Å²) in [6, 6.07) is 0.186. The molecule has 3 heterocycles. The second-order valence-electron chi connectivity index (χ2n) is 5.98. The summed E-state index contributed by atoms with van der Waals surface area (Å²) < 4.78 is 7.76. The van der Waals surface area contributed by atoms with E-state index in [1.807, 2.05) is 13.1 Å². The fourth-order valence-corrected chi connectivity index (χ4v) is 3.16. The molecule has 0 spiro atoms. The molecule has 120 valence electrons. The fraction of sp³-hybridized carbons (Fsp3) is 0.625. The van der Waals surface area contributed by atoms with Crippen molar-refractivity contribution in [3.8, 4) is 0 Å². The Morgan fingerprint density at radius 1 is 1.36 bits per heavy atom. The minimum Gasteiger partial charge on any atom is -0.378 e. The van der Waals surface area contributed by atoms with Crippen LogP contribution < -0.4 is 0 Å². The standard InChI is InChI=1S/C16H25N5O/c1-5-21-13(4)14(12(3)19-21)9-20-6-7-22-10-15(20)16-17-8-11(2)18-16/h8,15H,5-7,9-10H2,1-4H3,(H,17,18)/t15-/m1/s1. The molecule has 1 N–H and O–H groups in total. The monoisotopic (exact) mass is 303 g/mol. The lowest BCUT2D eigenvalue weighted by Crippen LogP contribution is -2.39. The van der Waals surface area contributed by atoms with Crippen molar-refractivity contribution >= 4 is 0 Å². The van der Waals surface area contributed by atoms with Crippen molar-refractivity contribution in [2.24, 2.45) is 0 Å². The van der Waals surface area contributed by atoms with Gasteiger partial charge in [0.25, 0.3) is 0 Å². The van der Waals surface area contributed by atoms with Gasteiger partial charge in [0.1, 0.15) is 5.82 Å². The lowest BCUT2D eigenvalue weighted by Gasteiger charge is -2.34. The molecule has 6 heteroatoms. The van der Waals surface area contributed by atoms with Crippen molar-refractivity contribution in [3.05, 3.63) is 34.7 Å². The number of morpholine rings is 1. The van der Waals surface area contributed by atoms with Crippen LogP contribution in [0.4, 0.5) is 0 Å². The highest BCUT2D eigenvalue weighted by molar-refractivity contribution is 5.24. The van der Waals surface area contributed by atoms with Crippen LogP contribution in [0.2, 0.25) is 0 Å². The highest BCUT2D eigenvalue weighted by Crippen LogP contribution is 2.26. The third-order valence-electron chi connectivity index (χ3n) is 4.47. The number of rotatable bonds is 4. The Hall–Kier alpha value is -1.66. The van der Waals surface area contributed by atoms with Crippen molar-refractivity contribution in [2.45, 2.75) is 46.8 Å².